The molecule has 3 nitrogen and oxygen atoms in total. The standard InChI is InChI=1S/C12H11ClFN3/c1-8-2-3-15-5-9(8)6-16-12-11(14)4-10(13)7-17-12/h2-5,7H,6H2,1H3,(H,16,17). The summed E-state index contributed by atoms with van der Waals surface area (Å²) in [5.41, 5.74) is 2.10. The van der Waals surface area contributed by atoms with Gasteiger partial charge in [-0.2, -0.15) is 0 Å². The third kappa shape index (κ3) is 2.91. The molecule has 88 valence electrons. The van der Waals surface area contributed by atoms with Crippen LogP contribution in [0.4, 0.5) is 10.2 Å². The van der Waals surface area contributed by atoms with E-state index in [9.17, 15) is 4.39 Å². The molecule has 1 N–H and O–H groups in total. The lowest BCUT2D eigenvalue weighted by Crippen LogP contribution is -2.05. The van der Waals surface area contributed by atoms with Gasteiger partial charge in [0, 0.05) is 25.1 Å². The molecule has 0 unspecified atom stereocenters. The van der Waals surface area contributed by atoms with Gasteiger partial charge < -0.3 is 5.32 Å². The quantitative estimate of drug-likeness (QED) is 0.910. The van der Waals surface area contributed by atoms with Crippen LogP contribution in [-0.2, 0) is 6.54 Å². The Morgan fingerprint density at radius 2 is 2.24 bits per heavy atom. The zero-order valence-electron chi connectivity index (χ0n) is 9.24. The second-order valence-electron chi connectivity index (χ2n) is 3.64. The van der Waals surface area contributed by atoms with Crippen molar-refractivity contribution in [3.63, 3.8) is 0 Å². The summed E-state index contributed by atoms with van der Waals surface area (Å²) < 4.78 is 13.4. The lowest BCUT2D eigenvalue weighted by molar-refractivity contribution is 0.624. The van der Waals surface area contributed by atoms with E-state index in [-0.39, 0.29) is 10.8 Å². The number of aryl methyl sites for hydroxylation is 1. The predicted molar refractivity (Wildman–Crippen MR) is 65.5 cm³/mol. The molecule has 2 heterocycles. The normalized spacial score (nSPS) is 10.3. The minimum absolute atomic E-state index is 0.192. The maximum absolute atomic E-state index is 13.4. The molecule has 0 aliphatic heterocycles. The summed E-state index contributed by atoms with van der Waals surface area (Å²) in [4.78, 5) is 7.90. The highest BCUT2D eigenvalue weighted by atomic mass is 35.5. The molecule has 0 spiro atoms. The highest BCUT2D eigenvalue weighted by Gasteiger charge is 2.05. The lowest BCUT2D eigenvalue weighted by atomic mass is 10.1. The highest BCUT2D eigenvalue weighted by Crippen LogP contribution is 2.16. The molecular weight excluding hydrogens is 241 g/mol. The van der Waals surface area contributed by atoms with Gasteiger partial charge in [-0.15, -0.1) is 0 Å². The Hall–Kier alpha value is -1.68. The molecule has 0 saturated carbocycles. The third-order valence-corrected chi connectivity index (χ3v) is 2.61. The van der Waals surface area contributed by atoms with Gasteiger partial charge in [-0.1, -0.05) is 11.6 Å². The van der Waals surface area contributed by atoms with E-state index in [0.717, 1.165) is 11.1 Å². The Morgan fingerprint density at radius 3 is 2.94 bits per heavy atom. The van der Waals surface area contributed by atoms with Crippen LogP contribution < -0.4 is 5.32 Å². The molecule has 0 fully saturated rings. The van der Waals surface area contributed by atoms with Crippen molar-refractivity contribution in [2.75, 3.05) is 5.32 Å². The summed E-state index contributed by atoms with van der Waals surface area (Å²) in [6.07, 6.45) is 4.87. The summed E-state index contributed by atoms with van der Waals surface area (Å²) in [5.74, 6) is -0.267. The predicted octanol–water partition coefficient (Wildman–Crippen LogP) is 3.19. The first kappa shape index (κ1) is 11.8. The van der Waals surface area contributed by atoms with Gasteiger partial charge in [0.25, 0.3) is 0 Å². The molecule has 0 aliphatic carbocycles. The number of nitrogens with one attached hydrogen (secondary N) is 1. The Morgan fingerprint density at radius 1 is 1.41 bits per heavy atom. The van der Waals surface area contributed by atoms with Crippen LogP contribution in [0.2, 0.25) is 5.02 Å². The number of hydrogen-bond acceptors (Lipinski definition) is 3. The number of rotatable bonds is 3. The van der Waals surface area contributed by atoms with Gasteiger partial charge in [-0.3, -0.25) is 4.98 Å². The van der Waals surface area contributed by atoms with Crippen LogP contribution in [0.25, 0.3) is 0 Å². The number of nitrogens with zero attached hydrogens (tertiary/aromatic N) is 2. The van der Waals surface area contributed by atoms with Crippen molar-refractivity contribution in [3.05, 3.63) is 52.7 Å². The van der Waals surface area contributed by atoms with Crippen LogP contribution in [-0.4, -0.2) is 9.97 Å². The van der Waals surface area contributed by atoms with Crippen molar-refractivity contribution in [2.45, 2.75) is 13.5 Å². The molecular formula is C12H11ClFN3. The Labute approximate surface area is 104 Å². The van der Waals surface area contributed by atoms with E-state index >= 15 is 0 Å². The van der Waals surface area contributed by atoms with Crippen LogP contribution in [0.15, 0.2) is 30.7 Å². The van der Waals surface area contributed by atoms with Crippen molar-refractivity contribution in [1.29, 1.82) is 0 Å². The summed E-state index contributed by atoms with van der Waals surface area (Å²) >= 11 is 5.62. The molecule has 0 saturated heterocycles. The summed E-state index contributed by atoms with van der Waals surface area (Å²) in [7, 11) is 0. The van der Waals surface area contributed by atoms with Crippen molar-refractivity contribution in [3.8, 4) is 0 Å². The van der Waals surface area contributed by atoms with Gasteiger partial charge in [0.05, 0.1) is 5.02 Å². The average molecular weight is 252 g/mol. The van der Waals surface area contributed by atoms with Gasteiger partial charge in [0.1, 0.15) is 0 Å². The summed E-state index contributed by atoms with van der Waals surface area (Å²) in [6, 6.07) is 3.13. The van der Waals surface area contributed by atoms with Crippen molar-refractivity contribution >= 4 is 17.4 Å². The van der Waals surface area contributed by atoms with Crippen LogP contribution in [0.1, 0.15) is 11.1 Å². The largest absolute Gasteiger partial charge is 0.363 e. The zero-order valence-corrected chi connectivity index (χ0v) is 10.0. The SMILES string of the molecule is Cc1ccncc1CNc1ncc(Cl)cc1F. The number of anilines is 1. The maximum atomic E-state index is 13.4. The van der Waals surface area contributed by atoms with Crippen LogP contribution >= 0.6 is 11.6 Å². The van der Waals surface area contributed by atoms with Crippen LogP contribution in [0.3, 0.4) is 0 Å². The fraction of sp³-hybridized carbons (Fsp3) is 0.167. The summed E-state index contributed by atoms with van der Waals surface area (Å²) in [6.45, 7) is 2.45. The molecule has 0 aliphatic rings. The van der Waals surface area contributed by atoms with Gasteiger partial charge in [-0.25, -0.2) is 9.37 Å². The van der Waals surface area contributed by atoms with Crippen LogP contribution in [0, 0.1) is 12.7 Å². The minimum atomic E-state index is -0.459. The maximum Gasteiger partial charge on any atom is 0.166 e. The first-order valence-corrected chi connectivity index (χ1v) is 5.49. The monoisotopic (exact) mass is 251 g/mol. The van der Waals surface area contributed by atoms with Crippen molar-refractivity contribution in [1.82, 2.24) is 9.97 Å². The van der Waals surface area contributed by atoms with Gasteiger partial charge in [-0.05, 0) is 30.2 Å². The molecule has 0 aromatic carbocycles. The molecule has 0 bridgehead atoms. The van der Waals surface area contributed by atoms with E-state index in [2.05, 4.69) is 15.3 Å². The number of aromatic nitrogens is 2. The number of hydrogen-bond donors (Lipinski definition) is 1. The van der Waals surface area contributed by atoms with E-state index in [0.29, 0.717) is 6.54 Å². The van der Waals surface area contributed by atoms with Crippen molar-refractivity contribution in [2.24, 2.45) is 0 Å². The Kier molecular flexibility index (Phi) is 3.54. The molecule has 0 radical (unpaired) electrons. The van der Waals surface area contributed by atoms with Crippen molar-refractivity contribution < 1.29 is 4.39 Å². The second-order valence-corrected chi connectivity index (χ2v) is 4.08. The van der Waals surface area contributed by atoms with E-state index in [4.69, 9.17) is 11.6 Å². The van der Waals surface area contributed by atoms with Gasteiger partial charge >= 0.3 is 0 Å². The lowest BCUT2D eigenvalue weighted by Gasteiger charge is -2.08. The first-order chi connectivity index (χ1) is 8.16. The molecule has 0 atom stereocenters. The molecule has 2 aromatic heterocycles. The third-order valence-electron chi connectivity index (χ3n) is 2.40. The van der Waals surface area contributed by atoms with E-state index in [1.165, 1.54) is 12.3 Å². The topological polar surface area (TPSA) is 37.8 Å². The minimum Gasteiger partial charge on any atom is -0.363 e. The fourth-order valence-corrected chi connectivity index (χ4v) is 1.55. The van der Waals surface area contributed by atoms with E-state index in [1.807, 2.05) is 13.0 Å². The molecule has 2 rings (SSSR count). The molecule has 5 heteroatoms. The second kappa shape index (κ2) is 5.10. The molecule has 17 heavy (non-hydrogen) atoms. The fourth-order valence-electron chi connectivity index (χ4n) is 1.41. The van der Waals surface area contributed by atoms with E-state index < -0.39 is 5.82 Å². The molecule has 2 aromatic rings. The first-order valence-electron chi connectivity index (χ1n) is 5.11. The molecule has 0 amide bonds. The Balaban J connectivity index is 2.10. The smallest absolute Gasteiger partial charge is 0.166 e. The van der Waals surface area contributed by atoms with Crippen LogP contribution in [0.5, 0.6) is 0 Å². The Bertz CT molecular complexity index is 531. The number of pyridine rings is 2. The average Bonchev–Trinajstić information content (AvgIpc) is 2.30. The van der Waals surface area contributed by atoms with Gasteiger partial charge in [0.15, 0.2) is 11.6 Å². The number of halogens is 2. The zero-order chi connectivity index (χ0) is 12.3. The van der Waals surface area contributed by atoms with E-state index in [1.54, 1.807) is 12.4 Å². The highest BCUT2D eigenvalue weighted by molar-refractivity contribution is 6.30. The van der Waals surface area contributed by atoms with Gasteiger partial charge in [0.2, 0.25) is 0 Å². The summed E-state index contributed by atoms with van der Waals surface area (Å²) in [5, 5.41) is 3.20.